The number of amides is 3. The number of pyridine rings is 1. The van der Waals surface area contributed by atoms with Crippen LogP contribution in [0.15, 0.2) is 30.7 Å². The number of carbonyl (C=O) groups is 2. The summed E-state index contributed by atoms with van der Waals surface area (Å²) in [6.07, 6.45) is 14.1. The van der Waals surface area contributed by atoms with Crippen LogP contribution in [-0.4, -0.2) is 55.7 Å². The molecule has 0 atom stereocenters. The summed E-state index contributed by atoms with van der Waals surface area (Å²) in [7, 11) is 0. The van der Waals surface area contributed by atoms with Crippen molar-refractivity contribution in [3.05, 3.63) is 42.2 Å². The Kier molecular flexibility index (Phi) is 7.16. The molecule has 11 nitrogen and oxygen atoms in total. The maximum Gasteiger partial charge on any atom is 0.315 e. The number of nitrogens with one attached hydrogen (secondary N) is 5. The molecule has 3 amide bonds. The van der Waals surface area contributed by atoms with Gasteiger partial charge in [0.2, 0.25) is 0 Å². The van der Waals surface area contributed by atoms with Crippen LogP contribution >= 0.6 is 0 Å². The minimum Gasteiger partial charge on any atom is -0.379 e. The molecule has 0 aromatic carbocycles. The Morgan fingerprint density at radius 1 is 0.846 bits per heavy atom. The molecule has 0 unspecified atom stereocenters. The normalized spacial score (nSPS) is 21.5. The predicted octanol–water partition coefficient (Wildman–Crippen LogP) is 4.05. The third kappa shape index (κ3) is 6.04. The second-order valence-electron chi connectivity index (χ2n) is 10.8. The summed E-state index contributed by atoms with van der Waals surface area (Å²) in [6, 6.07) is 4.31. The first kappa shape index (κ1) is 25.3. The lowest BCUT2D eigenvalue weighted by molar-refractivity contribution is 0.102. The first-order valence-electron chi connectivity index (χ1n) is 13.9. The second kappa shape index (κ2) is 11.0. The number of hydrogen-bond acceptors (Lipinski definition) is 7. The van der Waals surface area contributed by atoms with Gasteiger partial charge in [0.05, 0.1) is 23.8 Å². The van der Waals surface area contributed by atoms with Crippen molar-refractivity contribution in [1.29, 1.82) is 0 Å². The van der Waals surface area contributed by atoms with E-state index in [-0.39, 0.29) is 29.5 Å². The van der Waals surface area contributed by atoms with Crippen LogP contribution in [0.4, 0.5) is 26.4 Å². The fourth-order valence-electron chi connectivity index (χ4n) is 5.48. The number of fused-ring (bicyclic) bond motifs is 1. The van der Waals surface area contributed by atoms with Crippen LogP contribution in [-0.2, 0) is 0 Å². The molecule has 0 radical (unpaired) electrons. The topological polar surface area (TPSA) is 137 Å². The molecule has 5 N–H and O–H groups in total. The Hall–Kier alpha value is -3.96. The largest absolute Gasteiger partial charge is 0.379 e. The quantitative estimate of drug-likeness (QED) is 0.293. The number of aromatic nitrogens is 4. The molecule has 3 fully saturated rings. The Labute approximate surface area is 225 Å². The zero-order valence-corrected chi connectivity index (χ0v) is 21.8. The smallest absolute Gasteiger partial charge is 0.315 e. The first-order chi connectivity index (χ1) is 19.0. The van der Waals surface area contributed by atoms with Gasteiger partial charge in [0.1, 0.15) is 5.82 Å². The van der Waals surface area contributed by atoms with Gasteiger partial charge < -0.3 is 26.6 Å². The Bertz CT molecular complexity index is 1340. The van der Waals surface area contributed by atoms with Crippen molar-refractivity contribution in [2.45, 2.75) is 88.4 Å². The van der Waals surface area contributed by atoms with Crippen LogP contribution in [0.5, 0.6) is 0 Å². The molecule has 206 valence electrons. The van der Waals surface area contributed by atoms with Gasteiger partial charge in [-0.15, -0.1) is 5.10 Å². The molecule has 39 heavy (non-hydrogen) atoms. The maximum atomic E-state index is 14.1. The average Bonchev–Trinajstić information content (AvgIpc) is 3.39. The Balaban J connectivity index is 1.13. The molecule has 3 heterocycles. The lowest BCUT2D eigenvalue weighted by atomic mass is 9.91. The van der Waals surface area contributed by atoms with E-state index >= 15 is 0 Å². The summed E-state index contributed by atoms with van der Waals surface area (Å²) >= 11 is 0. The van der Waals surface area contributed by atoms with Gasteiger partial charge in [-0.25, -0.2) is 18.7 Å². The zero-order chi connectivity index (χ0) is 26.8. The molecule has 0 bridgehead atoms. The van der Waals surface area contributed by atoms with E-state index in [0.29, 0.717) is 23.5 Å². The number of carbonyl (C=O) groups excluding carboxylic acids is 2. The molecule has 6 rings (SSSR count). The number of rotatable bonds is 8. The van der Waals surface area contributed by atoms with E-state index in [4.69, 9.17) is 0 Å². The van der Waals surface area contributed by atoms with E-state index in [2.05, 4.69) is 41.7 Å². The van der Waals surface area contributed by atoms with Gasteiger partial charge in [0.15, 0.2) is 17.2 Å². The van der Waals surface area contributed by atoms with Crippen molar-refractivity contribution >= 4 is 34.8 Å². The molecule has 3 aromatic heterocycles. The maximum absolute atomic E-state index is 14.1. The summed E-state index contributed by atoms with van der Waals surface area (Å²) < 4.78 is 15.6. The molecule has 3 aliphatic rings. The van der Waals surface area contributed by atoms with E-state index < -0.39 is 11.7 Å². The predicted molar refractivity (Wildman–Crippen MR) is 145 cm³/mol. The van der Waals surface area contributed by atoms with Crippen LogP contribution in [0.1, 0.15) is 74.7 Å². The van der Waals surface area contributed by atoms with Crippen LogP contribution in [0, 0.1) is 5.82 Å². The number of nitrogens with zero attached hydrogens (tertiary/aromatic N) is 4. The SMILES string of the molecule is O=C(NC1CCCC1)N[C@H]1CC[C@H](Nc2cc(NC3CC3)c3ncc(C(=O)Nc4ccncc4F)n3n2)CC1. The standard InChI is InChI=1S/C27H34FN9O2/c28-20-14-29-12-11-21(20)35-26(38)23-15-30-25-22(31-17-5-6-17)13-24(36-37(23)25)32-18-7-9-19(10-8-18)34-27(39)33-16-3-1-2-4-16/h11-19,31H,1-10H2,(H,32,36)(H,29,35,38)(H2,33,34,39)/t18-,19-. The first-order valence-corrected chi connectivity index (χ1v) is 13.9. The summed E-state index contributed by atoms with van der Waals surface area (Å²) in [5, 5.41) is 20.5. The zero-order valence-electron chi connectivity index (χ0n) is 21.8. The summed E-state index contributed by atoms with van der Waals surface area (Å²) in [5.41, 5.74) is 1.57. The van der Waals surface area contributed by atoms with Gasteiger partial charge in [0, 0.05) is 36.4 Å². The highest BCUT2D eigenvalue weighted by molar-refractivity contribution is 6.03. The molecule has 12 heteroatoms. The molecule has 0 saturated heterocycles. The summed E-state index contributed by atoms with van der Waals surface area (Å²) in [4.78, 5) is 33.6. The Morgan fingerprint density at radius 2 is 1.51 bits per heavy atom. The molecule has 0 spiro atoms. The van der Waals surface area contributed by atoms with E-state index in [0.717, 1.165) is 63.3 Å². The number of anilines is 3. The number of urea groups is 1. The number of halogens is 1. The second-order valence-corrected chi connectivity index (χ2v) is 10.8. The average molecular weight is 536 g/mol. The van der Waals surface area contributed by atoms with E-state index in [1.165, 1.54) is 35.8 Å². The van der Waals surface area contributed by atoms with Gasteiger partial charge >= 0.3 is 6.03 Å². The van der Waals surface area contributed by atoms with Gasteiger partial charge in [0.25, 0.3) is 5.91 Å². The highest BCUT2D eigenvalue weighted by Crippen LogP contribution is 2.30. The summed E-state index contributed by atoms with van der Waals surface area (Å²) in [6.45, 7) is 0. The number of imidazole rings is 1. The van der Waals surface area contributed by atoms with Crippen molar-refractivity contribution in [1.82, 2.24) is 30.2 Å². The van der Waals surface area contributed by atoms with Crippen molar-refractivity contribution in [2.24, 2.45) is 0 Å². The highest BCUT2D eigenvalue weighted by atomic mass is 19.1. The molecular weight excluding hydrogens is 501 g/mol. The third-order valence-corrected chi connectivity index (χ3v) is 7.76. The van der Waals surface area contributed by atoms with Gasteiger partial charge in [-0.2, -0.15) is 0 Å². The van der Waals surface area contributed by atoms with E-state index in [9.17, 15) is 14.0 Å². The minimum absolute atomic E-state index is 0.0397. The van der Waals surface area contributed by atoms with Crippen LogP contribution in [0.3, 0.4) is 0 Å². The van der Waals surface area contributed by atoms with Crippen LogP contribution < -0.4 is 26.6 Å². The number of hydrogen-bond donors (Lipinski definition) is 5. The summed E-state index contributed by atoms with van der Waals surface area (Å²) in [5.74, 6) is -0.507. The third-order valence-electron chi connectivity index (χ3n) is 7.76. The van der Waals surface area contributed by atoms with E-state index in [1.807, 2.05) is 6.07 Å². The molecule has 3 aliphatic carbocycles. The molecule has 3 saturated carbocycles. The fraction of sp³-hybridized carbons (Fsp3) is 0.519. The lowest BCUT2D eigenvalue weighted by Crippen LogP contribution is -2.47. The fourth-order valence-corrected chi connectivity index (χ4v) is 5.48. The van der Waals surface area contributed by atoms with Crippen LogP contribution in [0.2, 0.25) is 0 Å². The monoisotopic (exact) mass is 535 g/mol. The lowest BCUT2D eigenvalue weighted by Gasteiger charge is -2.30. The van der Waals surface area contributed by atoms with Gasteiger partial charge in [-0.3, -0.25) is 9.78 Å². The van der Waals surface area contributed by atoms with Crippen molar-refractivity contribution in [3.63, 3.8) is 0 Å². The van der Waals surface area contributed by atoms with Crippen molar-refractivity contribution in [3.8, 4) is 0 Å². The molecular formula is C27H34FN9O2. The highest BCUT2D eigenvalue weighted by Gasteiger charge is 2.27. The van der Waals surface area contributed by atoms with E-state index in [1.54, 1.807) is 0 Å². The van der Waals surface area contributed by atoms with Gasteiger partial charge in [-0.05, 0) is 57.4 Å². The Morgan fingerprint density at radius 3 is 2.23 bits per heavy atom. The van der Waals surface area contributed by atoms with Crippen molar-refractivity contribution < 1.29 is 14.0 Å². The van der Waals surface area contributed by atoms with Crippen molar-refractivity contribution in [2.75, 3.05) is 16.0 Å². The van der Waals surface area contributed by atoms with Crippen LogP contribution in [0.25, 0.3) is 5.65 Å². The molecule has 3 aromatic rings. The minimum atomic E-state index is -0.618. The molecule has 0 aliphatic heterocycles. The van der Waals surface area contributed by atoms with Gasteiger partial charge in [-0.1, -0.05) is 12.8 Å².